The molecule has 0 spiro atoms. The van der Waals surface area contributed by atoms with Crippen LogP contribution in [0.15, 0.2) is 47.3 Å². The highest BCUT2D eigenvalue weighted by atomic mass is 19.1. The number of nitrogens with zero attached hydrogens (tertiary/aromatic N) is 3. The number of para-hydroxylation sites is 1. The summed E-state index contributed by atoms with van der Waals surface area (Å²) in [6.45, 7) is 5.27. The zero-order chi connectivity index (χ0) is 23.0. The zero-order valence-electron chi connectivity index (χ0n) is 18.1. The number of alkyl carbamates (subject to hydrolysis) is 1. The molecule has 1 aliphatic rings. The maximum absolute atomic E-state index is 14.7. The summed E-state index contributed by atoms with van der Waals surface area (Å²) < 4.78 is 21.5. The average Bonchev–Trinajstić information content (AvgIpc) is 3.57. The predicted octanol–water partition coefficient (Wildman–Crippen LogP) is 4.37. The van der Waals surface area contributed by atoms with Gasteiger partial charge in [0.2, 0.25) is 0 Å². The van der Waals surface area contributed by atoms with Crippen molar-refractivity contribution in [2.75, 3.05) is 0 Å². The third-order valence-corrected chi connectivity index (χ3v) is 5.18. The number of carbonyl (C=O) groups excluding carboxylic acids is 1. The summed E-state index contributed by atoms with van der Waals surface area (Å²) in [5, 5.41) is 12.2. The number of halogens is 1. The number of carbonyl (C=O) groups is 1. The fraction of sp³-hybridized carbons (Fsp3) is 0.333. The lowest BCUT2D eigenvalue weighted by atomic mass is 10.1. The lowest BCUT2D eigenvalue weighted by molar-refractivity contribution is 0.0493. The van der Waals surface area contributed by atoms with Crippen LogP contribution in [0.1, 0.15) is 51.0 Å². The molecule has 0 radical (unpaired) electrons. The SMILES string of the molecule is CC(C)(C)OC(=O)N[C@H](c1nc2c(F)ccc(C#N)c2c(=O)n1-c1ccccc1)C1CC1. The van der Waals surface area contributed by atoms with Gasteiger partial charge in [0, 0.05) is 0 Å². The van der Waals surface area contributed by atoms with E-state index in [9.17, 15) is 19.2 Å². The standard InChI is InChI=1S/C24H23FN4O3/c1-24(2,3)32-23(31)28-19(14-9-10-14)21-27-20-17(25)12-11-15(13-26)18(20)22(30)29(21)16-7-5-4-6-8-16/h4-8,11-12,14,19H,9-10H2,1-3H3,(H,28,31)/t19-/m0/s1. The van der Waals surface area contributed by atoms with Crippen LogP contribution >= 0.6 is 0 Å². The summed E-state index contributed by atoms with van der Waals surface area (Å²) in [7, 11) is 0. The van der Waals surface area contributed by atoms with Crippen LogP contribution in [0.4, 0.5) is 9.18 Å². The van der Waals surface area contributed by atoms with Crippen LogP contribution in [0.5, 0.6) is 0 Å². The molecular formula is C24H23FN4O3. The van der Waals surface area contributed by atoms with E-state index in [0.717, 1.165) is 18.9 Å². The van der Waals surface area contributed by atoms with Gasteiger partial charge in [-0.3, -0.25) is 9.36 Å². The van der Waals surface area contributed by atoms with E-state index in [2.05, 4.69) is 10.3 Å². The first-order valence-electron chi connectivity index (χ1n) is 10.4. The molecule has 1 aromatic heterocycles. The molecule has 1 fully saturated rings. The number of amides is 1. The molecule has 32 heavy (non-hydrogen) atoms. The van der Waals surface area contributed by atoms with Gasteiger partial charge < -0.3 is 10.1 Å². The molecule has 1 N–H and O–H groups in total. The number of benzene rings is 2. The van der Waals surface area contributed by atoms with Crippen LogP contribution in [-0.2, 0) is 4.74 Å². The summed E-state index contributed by atoms with van der Waals surface area (Å²) in [6, 6.07) is 12.5. The van der Waals surface area contributed by atoms with Crippen LogP contribution in [0.25, 0.3) is 16.6 Å². The lowest BCUT2D eigenvalue weighted by Gasteiger charge is -2.25. The van der Waals surface area contributed by atoms with E-state index in [4.69, 9.17) is 4.74 Å². The first-order chi connectivity index (χ1) is 15.2. The van der Waals surface area contributed by atoms with Crippen LogP contribution in [0, 0.1) is 23.1 Å². The second-order valence-electron chi connectivity index (χ2n) is 8.84. The minimum Gasteiger partial charge on any atom is -0.444 e. The quantitative estimate of drug-likeness (QED) is 0.658. The van der Waals surface area contributed by atoms with Crippen molar-refractivity contribution in [1.29, 1.82) is 5.26 Å². The van der Waals surface area contributed by atoms with Gasteiger partial charge in [-0.1, -0.05) is 18.2 Å². The fourth-order valence-electron chi connectivity index (χ4n) is 3.66. The van der Waals surface area contributed by atoms with Crippen LogP contribution < -0.4 is 10.9 Å². The van der Waals surface area contributed by atoms with Gasteiger partial charge in [0.25, 0.3) is 5.56 Å². The molecule has 1 amide bonds. The summed E-state index contributed by atoms with van der Waals surface area (Å²) >= 11 is 0. The van der Waals surface area contributed by atoms with Crippen molar-refractivity contribution < 1.29 is 13.9 Å². The number of ether oxygens (including phenoxy) is 1. The molecule has 7 nitrogen and oxygen atoms in total. The van der Waals surface area contributed by atoms with E-state index in [1.54, 1.807) is 51.1 Å². The maximum Gasteiger partial charge on any atom is 0.408 e. The van der Waals surface area contributed by atoms with Crippen molar-refractivity contribution in [1.82, 2.24) is 14.9 Å². The molecule has 3 aromatic rings. The molecule has 4 rings (SSSR count). The van der Waals surface area contributed by atoms with E-state index in [1.807, 2.05) is 6.07 Å². The number of nitriles is 1. The highest BCUT2D eigenvalue weighted by Gasteiger charge is 2.38. The molecule has 164 valence electrons. The smallest absolute Gasteiger partial charge is 0.408 e. The van der Waals surface area contributed by atoms with Crippen molar-refractivity contribution in [2.24, 2.45) is 5.92 Å². The minimum atomic E-state index is -0.706. The van der Waals surface area contributed by atoms with E-state index >= 15 is 0 Å². The van der Waals surface area contributed by atoms with Gasteiger partial charge in [0.15, 0.2) is 0 Å². The Labute approximate surface area is 184 Å². The van der Waals surface area contributed by atoms with Crippen molar-refractivity contribution in [3.63, 3.8) is 0 Å². The molecule has 0 bridgehead atoms. The molecule has 1 aliphatic carbocycles. The highest BCUT2D eigenvalue weighted by molar-refractivity contribution is 5.85. The van der Waals surface area contributed by atoms with Crippen LogP contribution in [0.3, 0.4) is 0 Å². The Bertz CT molecular complexity index is 1290. The number of hydrogen-bond acceptors (Lipinski definition) is 5. The van der Waals surface area contributed by atoms with Crippen LogP contribution in [0.2, 0.25) is 0 Å². The van der Waals surface area contributed by atoms with E-state index < -0.39 is 29.1 Å². The van der Waals surface area contributed by atoms with Gasteiger partial charge in [-0.2, -0.15) is 5.26 Å². The molecule has 0 unspecified atom stereocenters. The highest BCUT2D eigenvalue weighted by Crippen LogP contribution is 2.41. The van der Waals surface area contributed by atoms with Gasteiger partial charge >= 0.3 is 6.09 Å². The van der Waals surface area contributed by atoms with E-state index in [-0.39, 0.29) is 28.2 Å². The van der Waals surface area contributed by atoms with Gasteiger partial charge in [-0.05, 0) is 63.8 Å². The molecule has 1 heterocycles. The second kappa shape index (κ2) is 8.08. The third kappa shape index (κ3) is 4.19. The lowest BCUT2D eigenvalue weighted by Crippen LogP contribution is -2.39. The summed E-state index contributed by atoms with van der Waals surface area (Å²) in [5.74, 6) is -0.468. The first-order valence-corrected chi connectivity index (χ1v) is 10.4. The molecule has 8 heteroatoms. The van der Waals surface area contributed by atoms with E-state index in [1.165, 1.54) is 10.6 Å². The number of hydrogen-bond donors (Lipinski definition) is 1. The molecule has 0 aliphatic heterocycles. The Morgan fingerprint density at radius 2 is 1.94 bits per heavy atom. The first kappa shape index (κ1) is 21.5. The minimum absolute atomic E-state index is 0.0315. The molecule has 0 saturated heterocycles. The number of aromatic nitrogens is 2. The van der Waals surface area contributed by atoms with Gasteiger partial charge in [0.05, 0.1) is 22.7 Å². The molecule has 2 aromatic carbocycles. The molecular weight excluding hydrogens is 411 g/mol. The van der Waals surface area contributed by atoms with Crippen molar-refractivity contribution in [3.8, 4) is 11.8 Å². The summed E-state index contributed by atoms with van der Waals surface area (Å²) in [4.78, 5) is 30.7. The van der Waals surface area contributed by atoms with E-state index in [0.29, 0.717) is 5.69 Å². The number of fused-ring (bicyclic) bond motifs is 1. The number of nitrogens with one attached hydrogen (secondary N) is 1. The van der Waals surface area contributed by atoms with Crippen LogP contribution in [-0.4, -0.2) is 21.2 Å². The number of rotatable bonds is 4. The molecule has 1 atom stereocenters. The van der Waals surface area contributed by atoms with Crippen molar-refractivity contribution in [3.05, 3.63) is 70.0 Å². The topological polar surface area (TPSA) is 97.0 Å². The largest absolute Gasteiger partial charge is 0.444 e. The Balaban J connectivity index is 1.97. The fourth-order valence-corrected chi connectivity index (χ4v) is 3.66. The Hall–Kier alpha value is -3.73. The maximum atomic E-state index is 14.7. The second-order valence-corrected chi connectivity index (χ2v) is 8.84. The summed E-state index contributed by atoms with van der Waals surface area (Å²) in [5.41, 5.74) is -0.913. The predicted molar refractivity (Wildman–Crippen MR) is 117 cm³/mol. The van der Waals surface area contributed by atoms with Gasteiger partial charge in [-0.25, -0.2) is 14.2 Å². The monoisotopic (exact) mass is 434 g/mol. The van der Waals surface area contributed by atoms with Gasteiger partial charge in [-0.15, -0.1) is 0 Å². The Morgan fingerprint density at radius 3 is 2.53 bits per heavy atom. The Kier molecular flexibility index (Phi) is 5.43. The Morgan fingerprint density at radius 1 is 1.25 bits per heavy atom. The third-order valence-electron chi connectivity index (χ3n) is 5.18. The van der Waals surface area contributed by atoms with Crippen molar-refractivity contribution in [2.45, 2.75) is 45.3 Å². The summed E-state index contributed by atoms with van der Waals surface area (Å²) in [6.07, 6.45) is 1.00. The zero-order valence-corrected chi connectivity index (χ0v) is 18.1. The van der Waals surface area contributed by atoms with Crippen molar-refractivity contribution >= 4 is 17.0 Å². The normalized spacial score (nSPS) is 14.6. The average molecular weight is 434 g/mol. The molecule has 1 saturated carbocycles. The van der Waals surface area contributed by atoms with Gasteiger partial charge in [0.1, 0.15) is 28.8 Å².